The molecule has 2 aromatic heterocycles. The highest BCUT2D eigenvalue weighted by atomic mass is 15.3. The zero-order chi connectivity index (χ0) is 13.8. The Morgan fingerprint density at radius 3 is 2.60 bits per heavy atom. The van der Waals surface area contributed by atoms with Crippen molar-refractivity contribution in [3.05, 3.63) is 54.6 Å². The fourth-order valence-corrected chi connectivity index (χ4v) is 1.68. The number of pyridine rings is 2. The molecule has 0 saturated heterocycles. The van der Waals surface area contributed by atoms with Gasteiger partial charge in [0, 0.05) is 24.2 Å². The van der Waals surface area contributed by atoms with Crippen molar-refractivity contribution >= 4 is 22.9 Å². The molecule has 0 radical (unpaired) electrons. The zero-order valence-electron chi connectivity index (χ0n) is 10.4. The molecule has 3 rings (SSSR count). The van der Waals surface area contributed by atoms with Gasteiger partial charge in [-0.2, -0.15) is 5.10 Å². The summed E-state index contributed by atoms with van der Waals surface area (Å²) in [4.78, 5) is 7.96. The lowest BCUT2D eigenvalue weighted by Gasteiger charge is -2.04. The van der Waals surface area contributed by atoms with E-state index in [4.69, 9.17) is 5.73 Å². The van der Waals surface area contributed by atoms with Crippen LogP contribution in [0.4, 0.5) is 5.69 Å². The first kappa shape index (κ1) is 12.0. The summed E-state index contributed by atoms with van der Waals surface area (Å²) in [5.74, 6) is 0.271. The third-order valence-corrected chi connectivity index (χ3v) is 2.64. The summed E-state index contributed by atoms with van der Waals surface area (Å²) < 4.78 is 0. The Balaban J connectivity index is 1.87. The minimum absolute atomic E-state index is 0.271. The third-order valence-electron chi connectivity index (χ3n) is 2.64. The number of nitrogens with zero attached hydrogens (tertiary/aromatic N) is 5. The maximum atomic E-state index is 5.80. The molecule has 3 heterocycles. The molecule has 0 atom stereocenters. The first-order chi connectivity index (χ1) is 9.84. The van der Waals surface area contributed by atoms with Gasteiger partial charge in [-0.1, -0.05) is 0 Å². The lowest BCUT2D eigenvalue weighted by molar-refractivity contribution is 1.25. The monoisotopic (exact) mass is 265 g/mol. The standard InChI is InChI=1S/C13H11N7/c14-13-12(19-17-10-2-1-5-16-8-10)11(18-20-13)9-3-6-15-7-4-9/h1-8,17H,(H2,14,19,20). The van der Waals surface area contributed by atoms with Crippen molar-refractivity contribution in [2.24, 2.45) is 21.0 Å². The first-order valence-electron chi connectivity index (χ1n) is 5.90. The highest BCUT2D eigenvalue weighted by Crippen LogP contribution is 2.09. The minimum atomic E-state index is 0.271. The average Bonchev–Trinajstić information content (AvgIpc) is 2.88. The maximum absolute atomic E-state index is 5.80. The van der Waals surface area contributed by atoms with Crippen LogP contribution in [0.3, 0.4) is 0 Å². The lowest BCUT2D eigenvalue weighted by Crippen LogP contribution is -2.28. The van der Waals surface area contributed by atoms with Crippen molar-refractivity contribution in [2.75, 3.05) is 5.43 Å². The highest BCUT2D eigenvalue weighted by Gasteiger charge is 2.21. The van der Waals surface area contributed by atoms with Gasteiger partial charge in [-0.05, 0) is 24.3 Å². The van der Waals surface area contributed by atoms with Crippen LogP contribution in [0.2, 0.25) is 0 Å². The number of hydrogen-bond donors (Lipinski definition) is 2. The van der Waals surface area contributed by atoms with E-state index in [-0.39, 0.29) is 5.84 Å². The van der Waals surface area contributed by atoms with Crippen LogP contribution in [0.15, 0.2) is 64.4 Å². The van der Waals surface area contributed by atoms with E-state index in [2.05, 4.69) is 30.7 Å². The molecule has 7 heteroatoms. The number of nitrogens with one attached hydrogen (secondary N) is 1. The average molecular weight is 265 g/mol. The number of anilines is 1. The van der Waals surface area contributed by atoms with Gasteiger partial charge in [-0.3, -0.25) is 15.4 Å². The smallest absolute Gasteiger partial charge is 0.176 e. The Morgan fingerprint density at radius 1 is 1.00 bits per heavy atom. The molecular formula is C13H11N7. The lowest BCUT2D eigenvalue weighted by atomic mass is 10.1. The summed E-state index contributed by atoms with van der Waals surface area (Å²) in [6.45, 7) is 0. The largest absolute Gasteiger partial charge is 0.380 e. The Morgan fingerprint density at radius 2 is 1.85 bits per heavy atom. The second-order valence-electron chi connectivity index (χ2n) is 3.98. The molecule has 1 aliphatic heterocycles. The van der Waals surface area contributed by atoms with E-state index in [0.717, 1.165) is 11.3 Å². The van der Waals surface area contributed by atoms with E-state index >= 15 is 0 Å². The second kappa shape index (κ2) is 5.27. The molecule has 0 bridgehead atoms. The van der Waals surface area contributed by atoms with Crippen LogP contribution in [-0.4, -0.2) is 27.2 Å². The molecule has 0 spiro atoms. The summed E-state index contributed by atoms with van der Waals surface area (Å²) in [5, 5.41) is 12.2. The van der Waals surface area contributed by atoms with Crippen LogP contribution in [0.25, 0.3) is 0 Å². The SMILES string of the molecule is NC1=NN=C(c2ccncc2)/C1=N\Nc1cccnc1. The molecule has 1 aliphatic rings. The molecule has 0 unspecified atom stereocenters. The molecule has 20 heavy (non-hydrogen) atoms. The Kier molecular flexibility index (Phi) is 3.15. The maximum Gasteiger partial charge on any atom is 0.176 e. The van der Waals surface area contributed by atoms with Gasteiger partial charge >= 0.3 is 0 Å². The van der Waals surface area contributed by atoms with Crippen molar-refractivity contribution < 1.29 is 0 Å². The van der Waals surface area contributed by atoms with Gasteiger partial charge in [-0.15, -0.1) is 10.2 Å². The molecule has 0 aliphatic carbocycles. The van der Waals surface area contributed by atoms with E-state index in [9.17, 15) is 0 Å². The molecule has 0 amide bonds. The Bertz CT molecular complexity index is 689. The van der Waals surface area contributed by atoms with Crippen molar-refractivity contribution in [2.45, 2.75) is 0 Å². The highest BCUT2D eigenvalue weighted by molar-refractivity contribution is 6.72. The Hall–Kier alpha value is -3.09. The molecule has 98 valence electrons. The summed E-state index contributed by atoms with van der Waals surface area (Å²) >= 11 is 0. The van der Waals surface area contributed by atoms with E-state index < -0.39 is 0 Å². The molecule has 3 N–H and O–H groups in total. The van der Waals surface area contributed by atoms with E-state index in [1.54, 1.807) is 24.8 Å². The van der Waals surface area contributed by atoms with Gasteiger partial charge in [0.1, 0.15) is 5.71 Å². The summed E-state index contributed by atoms with van der Waals surface area (Å²) in [6.07, 6.45) is 6.71. The number of hydrazone groups is 1. The van der Waals surface area contributed by atoms with Crippen LogP contribution in [-0.2, 0) is 0 Å². The zero-order valence-corrected chi connectivity index (χ0v) is 10.4. The molecule has 0 aromatic carbocycles. The molecule has 2 aromatic rings. The van der Waals surface area contributed by atoms with Crippen LogP contribution in [0.5, 0.6) is 0 Å². The van der Waals surface area contributed by atoms with Crippen LogP contribution < -0.4 is 11.2 Å². The first-order valence-corrected chi connectivity index (χ1v) is 5.90. The minimum Gasteiger partial charge on any atom is -0.380 e. The van der Waals surface area contributed by atoms with Gasteiger partial charge in [0.05, 0.1) is 11.9 Å². The third kappa shape index (κ3) is 2.37. The topological polar surface area (TPSA) is 101 Å². The van der Waals surface area contributed by atoms with Gasteiger partial charge < -0.3 is 5.73 Å². The van der Waals surface area contributed by atoms with Crippen LogP contribution in [0.1, 0.15) is 5.56 Å². The predicted octanol–water partition coefficient (Wildman–Crippen LogP) is 1.02. The van der Waals surface area contributed by atoms with Crippen molar-refractivity contribution in [3.8, 4) is 0 Å². The number of amidine groups is 1. The quantitative estimate of drug-likeness (QED) is 0.809. The molecule has 0 fully saturated rings. The summed E-state index contributed by atoms with van der Waals surface area (Å²) in [6, 6.07) is 7.31. The second-order valence-corrected chi connectivity index (χ2v) is 3.98. The van der Waals surface area contributed by atoms with E-state index in [1.807, 2.05) is 24.3 Å². The molecular weight excluding hydrogens is 254 g/mol. The van der Waals surface area contributed by atoms with Crippen LogP contribution in [0, 0.1) is 0 Å². The van der Waals surface area contributed by atoms with Gasteiger partial charge in [0.25, 0.3) is 0 Å². The molecule has 7 nitrogen and oxygen atoms in total. The van der Waals surface area contributed by atoms with E-state index in [0.29, 0.717) is 11.4 Å². The fraction of sp³-hybridized carbons (Fsp3) is 0. The van der Waals surface area contributed by atoms with Crippen molar-refractivity contribution in [1.82, 2.24) is 9.97 Å². The van der Waals surface area contributed by atoms with Crippen molar-refractivity contribution in [3.63, 3.8) is 0 Å². The van der Waals surface area contributed by atoms with Gasteiger partial charge in [0.15, 0.2) is 11.5 Å². The number of rotatable bonds is 3. The summed E-state index contributed by atoms with van der Waals surface area (Å²) in [5.41, 5.74) is 11.4. The summed E-state index contributed by atoms with van der Waals surface area (Å²) in [7, 11) is 0. The van der Waals surface area contributed by atoms with Gasteiger partial charge in [-0.25, -0.2) is 0 Å². The van der Waals surface area contributed by atoms with Crippen LogP contribution >= 0.6 is 0 Å². The predicted molar refractivity (Wildman–Crippen MR) is 77.7 cm³/mol. The fourth-order valence-electron chi connectivity index (χ4n) is 1.68. The van der Waals surface area contributed by atoms with Gasteiger partial charge in [0.2, 0.25) is 0 Å². The number of nitrogens with two attached hydrogens (primary N) is 1. The Labute approximate surface area is 115 Å². The normalized spacial score (nSPS) is 15.9. The van der Waals surface area contributed by atoms with E-state index in [1.165, 1.54) is 0 Å². The molecule has 0 saturated carbocycles. The van der Waals surface area contributed by atoms with Crippen molar-refractivity contribution in [1.29, 1.82) is 0 Å². The number of hydrogen-bond acceptors (Lipinski definition) is 7. The number of aromatic nitrogens is 2.